The Hall–Kier alpha value is -0.690. The summed E-state index contributed by atoms with van der Waals surface area (Å²) in [4.78, 5) is 0.242. The fraction of sp³-hybridized carbons (Fsp3) is 0.385. The zero-order valence-electron chi connectivity index (χ0n) is 10.5. The van der Waals surface area contributed by atoms with Crippen molar-refractivity contribution in [1.82, 2.24) is 4.72 Å². The second kappa shape index (κ2) is 5.75. The van der Waals surface area contributed by atoms with Crippen molar-refractivity contribution in [3.63, 3.8) is 0 Å². The van der Waals surface area contributed by atoms with Crippen LogP contribution < -0.4 is 4.72 Å². The normalized spacial score (nSPS) is 22.9. The first-order valence-corrected chi connectivity index (χ1v) is 8.27. The molecule has 1 aliphatic carbocycles. The molecule has 0 spiro atoms. The minimum atomic E-state index is -3.53. The lowest BCUT2D eigenvalue weighted by Gasteiger charge is -2.13. The molecule has 6 heteroatoms. The highest BCUT2D eigenvalue weighted by Crippen LogP contribution is 2.23. The fourth-order valence-corrected chi connectivity index (χ4v) is 3.77. The molecule has 1 aliphatic rings. The van der Waals surface area contributed by atoms with Crippen molar-refractivity contribution in [3.8, 4) is 0 Å². The van der Waals surface area contributed by atoms with E-state index in [9.17, 15) is 8.42 Å². The number of sulfonamides is 1. The van der Waals surface area contributed by atoms with Crippen LogP contribution in [0.4, 0.5) is 0 Å². The van der Waals surface area contributed by atoms with E-state index in [4.69, 9.17) is 5.11 Å². The summed E-state index contributed by atoms with van der Waals surface area (Å²) in [5.41, 5.74) is 0.986. The first-order chi connectivity index (χ1) is 8.92. The predicted molar refractivity (Wildman–Crippen MR) is 77.3 cm³/mol. The van der Waals surface area contributed by atoms with Crippen LogP contribution in [0.1, 0.15) is 12.0 Å². The fourth-order valence-electron chi connectivity index (χ4n) is 2.01. The summed E-state index contributed by atoms with van der Waals surface area (Å²) < 4.78 is 27.8. The zero-order valence-corrected chi connectivity index (χ0v) is 12.9. The molecular formula is C13H16BrNO3S. The van der Waals surface area contributed by atoms with Crippen LogP contribution in [-0.2, 0) is 10.0 Å². The second-order valence-corrected chi connectivity index (χ2v) is 7.27. The van der Waals surface area contributed by atoms with E-state index >= 15 is 0 Å². The van der Waals surface area contributed by atoms with Gasteiger partial charge in [-0.2, -0.15) is 0 Å². The zero-order chi connectivity index (χ0) is 14.0. The molecule has 0 heterocycles. The Labute approximate surface area is 121 Å². The van der Waals surface area contributed by atoms with Gasteiger partial charge in [0.05, 0.1) is 4.90 Å². The van der Waals surface area contributed by atoms with Crippen molar-refractivity contribution in [2.45, 2.75) is 24.3 Å². The second-order valence-electron chi connectivity index (χ2n) is 4.70. The van der Waals surface area contributed by atoms with Gasteiger partial charge in [-0.15, -0.1) is 0 Å². The van der Waals surface area contributed by atoms with Gasteiger partial charge in [0.15, 0.2) is 0 Å². The monoisotopic (exact) mass is 345 g/mol. The lowest BCUT2D eigenvalue weighted by atomic mass is 10.1. The standard InChI is InChI=1S/C13H16BrNO3S/c1-9-2-5-12(7-13(9)14)19(17,18)15-11-4-3-10(6-11)8-16/h2-5,7,10-11,15-16H,6,8H2,1H3/t10-,11+/m0/s1. The van der Waals surface area contributed by atoms with E-state index in [2.05, 4.69) is 20.7 Å². The molecule has 0 unspecified atom stereocenters. The predicted octanol–water partition coefficient (Wildman–Crippen LogP) is 1.97. The third-order valence-corrected chi connectivity index (χ3v) is 5.51. The minimum absolute atomic E-state index is 0.0393. The van der Waals surface area contributed by atoms with Gasteiger partial charge in [-0.05, 0) is 31.0 Å². The molecule has 2 N–H and O–H groups in total. The van der Waals surface area contributed by atoms with E-state index in [0.717, 1.165) is 10.0 Å². The van der Waals surface area contributed by atoms with Gasteiger partial charge in [0, 0.05) is 23.0 Å². The lowest BCUT2D eigenvalue weighted by Crippen LogP contribution is -2.33. The van der Waals surface area contributed by atoms with Crippen molar-refractivity contribution in [2.75, 3.05) is 6.61 Å². The van der Waals surface area contributed by atoms with Crippen LogP contribution in [0.3, 0.4) is 0 Å². The summed E-state index contributed by atoms with van der Waals surface area (Å²) in [7, 11) is -3.53. The van der Waals surface area contributed by atoms with Crippen LogP contribution >= 0.6 is 15.9 Å². The van der Waals surface area contributed by atoms with Crippen LogP contribution in [0.5, 0.6) is 0 Å². The molecule has 2 rings (SSSR count). The third kappa shape index (κ3) is 3.45. The van der Waals surface area contributed by atoms with Crippen LogP contribution in [-0.4, -0.2) is 26.2 Å². The van der Waals surface area contributed by atoms with Gasteiger partial charge >= 0.3 is 0 Å². The molecule has 0 aromatic heterocycles. The highest BCUT2D eigenvalue weighted by Gasteiger charge is 2.24. The third-order valence-electron chi connectivity index (χ3n) is 3.17. The molecule has 0 radical (unpaired) electrons. The van der Waals surface area contributed by atoms with E-state index in [1.807, 2.05) is 13.0 Å². The summed E-state index contributed by atoms with van der Waals surface area (Å²) in [5, 5.41) is 9.03. The Morgan fingerprint density at radius 2 is 2.16 bits per heavy atom. The van der Waals surface area contributed by atoms with Gasteiger partial charge in [-0.25, -0.2) is 13.1 Å². The Morgan fingerprint density at radius 3 is 2.74 bits per heavy atom. The number of aliphatic hydroxyl groups excluding tert-OH is 1. The summed E-state index contributed by atoms with van der Waals surface area (Å²) in [5.74, 6) is 0.0393. The number of halogens is 1. The van der Waals surface area contributed by atoms with Crippen LogP contribution in [0.2, 0.25) is 0 Å². The van der Waals surface area contributed by atoms with E-state index in [1.165, 1.54) is 0 Å². The average Bonchev–Trinajstić information content (AvgIpc) is 2.79. The van der Waals surface area contributed by atoms with E-state index in [-0.39, 0.29) is 23.5 Å². The smallest absolute Gasteiger partial charge is 0.241 e. The molecule has 19 heavy (non-hydrogen) atoms. The van der Waals surface area contributed by atoms with Gasteiger partial charge in [0.25, 0.3) is 0 Å². The average molecular weight is 346 g/mol. The van der Waals surface area contributed by atoms with Gasteiger partial charge in [0.2, 0.25) is 10.0 Å². The first-order valence-electron chi connectivity index (χ1n) is 6.00. The minimum Gasteiger partial charge on any atom is -0.396 e. The molecule has 104 valence electrons. The van der Waals surface area contributed by atoms with Crippen molar-refractivity contribution >= 4 is 26.0 Å². The number of nitrogens with one attached hydrogen (secondary N) is 1. The summed E-state index contributed by atoms with van der Waals surface area (Å²) >= 11 is 3.33. The topological polar surface area (TPSA) is 66.4 Å². The van der Waals surface area contributed by atoms with Gasteiger partial charge < -0.3 is 5.11 Å². The highest BCUT2D eigenvalue weighted by molar-refractivity contribution is 9.10. The molecule has 0 saturated carbocycles. The molecule has 0 bridgehead atoms. The SMILES string of the molecule is Cc1ccc(S(=O)(=O)N[C@@H]2C=C[C@H](CO)C2)cc1Br. The number of hydrogen-bond donors (Lipinski definition) is 2. The Morgan fingerprint density at radius 1 is 1.42 bits per heavy atom. The molecule has 1 aromatic rings. The number of benzene rings is 1. The molecule has 0 fully saturated rings. The molecule has 0 amide bonds. The Balaban J connectivity index is 2.15. The van der Waals surface area contributed by atoms with E-state index < -0.39 is 10.0 Å². The quantitative estimate of drug-likeness (QED) is 0.820. The summed E-state index contributed by atoms with van der Waals surface area (Å²) in [6.45, 7) is 1.95. The molecule has 4 nitrogen and oxygen atoms in total. The van der Waals surface area contributed by atoms with Crippen molar-refractivity contribution in [2.24, 2.45) is 5.92 Å². The van der Waals surface area contributed by atoms with Gasteiger partial charge in [-0.3, -0.25) is 0 Å². The van der Waals surface area contributed by atoms with Gasteiger partial charge in [-0.1, -0.05) is 34.1 Å². The molecule has 0 aliphatic heterocycles. The number of rotatable bonds is 4. The summed E-state index contributed by atoms with van der Waals surface area (Å²) in [6.07, 6.45) is 4.24. The number of aryl methyl sites for hydroxylation is 1. The molecule has 0 saturated heterocycles. The molecule has 1 aromatic carbocycles. The molecule has 2 atom stereocenters. The van der Waals surface area contributed by atoms with Crippen molar-refractivity contribution in [1.29, 1.82) is 0 Å². The summed E-state index contributed by atoms with van der Waals surface area (Å²) in [6, 6.07) is 4.70. The first kappa shape index (κ1) is 14.7. The van der Waals surface area contributed by atoms with Crippen LogP contribution in [0, 0.1) is 12.8 Å². The van der Waals surface area contributed by atoms with Crippen LogP contribution in [0.15, 0.2) is 39.7 Å². The number of hydrogen-bond acceptors (Lipinski definition) is 3. The largest absolute Gasteiger partial charge is 0.396 e. The van der Waals surface area contributed by atoms with Crippen molar-refractivity contribution in [3.05, 3.63) is 40.4 Å². The maximum Gasteiger partial charge on any atom is 0.241 e. The Bertz CT molecular complexity index is 598. The number of aliphatic hydroxyl groups is 1. The van der Waals surface area contributed by atoms with E-state index in [0.29, 0.717) is 6.42 Å². The maximum absolute atomic E-state index is 12.2. The maximum atomic E-state index is 12.2. The van der Waals surface area contributed by atoms with E-state index in [1.54, 1.807) is 24.3 Å². The van der Waals surface area contributed by atoms with Crippen molar-refractivity contribution < 1.29 is 13.5 Å². The van der Waals surface area contributed by atoms with Gasteiger partial charge in [0.1, 0.15) is 0 Å². The van der Waals surface area contributed by atoms with Crippen LogP contribution in [0.25, 0.3) is 0 Å². The Kier molecular flexibility index (Phi) is 4.45. The molecular weight excluding hydrogens is 330 g/mol. The lowest BCUT2D eigenvalue weighted by molar-refractivity contribution is 0.248. The highest BCUT2D eigenvalue weighted by atomic mass is 79.9.